The molecule has 3 aromatic heterocycles. The number of fused-ring (bicyclic) bond motifs is 1. The molecule has 0 aliphatic heterocycles. The molecule has 3 aromatic rings. The predicted octanol–water partition coefficient (Wildman–Crippen LogP) is 0.435. The van der Waals surface area contributed by atoms with Gasteiger partial charge in [0.2, 0.25) is 0 Å². The van der Waals surface area contributed by atoms with Crippen molar-refractivity contribution in [2.45, 2.75) is 6.92 Å². The molecule has 1 amide bonds. The lowest BCUT2D eigenvalue weighted by Gasteiger charge is -1.98. The molecular weight excluding hydrogens is 268 g/mol. The van der Waals surface area contributed by atoms with Crippen molar-refractivity contribution in [2.75, 3.05) is 5.32 Å². The van der Waals surface area contributed by atoms with Gasteiger partial charge < -0.3 is 4.98 Å². The molecule has 96 valence electrons. The number of nitrogens with one attached hydrogen (secondary N) is 2. The van der Waals surface area contributed by atoms with Gasteiger partial charge in [-0.25, -0.2) is 9.50 Å². The van der Waals surface area contributed by atoms with Crippen LogP contribution in [0.5, 0.6) is 0 Å². The van der Waals surface area contributed by atoms with Crippen LogP contribution in [-0.4, -0.2) is 30.7 Å². The Morgan fingerprint density at radius 1 is 1.53 bits per heavy atom. The first kappa shape index (κ1) is 11.5. The number of amides is 1. The van der Waals surface area contributed by atoms with Crippen LogP contribution < -0.4 is 10.9 Å². The number of nitrogens with zero attached hydrogens (tertiary/aromatic N) is 4. The molecule has 0 aliphatic carbocycles. The first-order chi connectivity index (χ1) is 9.15. The molecule has 2 N–H and O–H groups in total. The summed E-state index contributed by atoms with van der Waals surface area (Å²) >= 11 is 1.28. The van der Waals surface area contributed by atoms with E-state index < -0.39 is 11.5 Å². The minimum absolute atomic E-state index is 0.0311. The van der Waals surface area contributed by atoms with Crippen molar-refractivity contribution in [3.05, 3.63) is 39.5 Å². The molecule has 0 spiro atoms. The number of rotatable bonds is 2. The summed E-state index contributed by atoms with van der Waals surface area (Å²) < 4.78 is 1.28. The van der Waals surface area contributed by atoms with E-state index in [2.05, 4.69) is 25.6 Å². The Morgan fingerprint density at radius 2 is 2.37 bits per heavy atom. The van der Waals surface area contributed by atoms with E-state index in [0.29, 0.717) is 10.8 Å². The van der Waals surface area contributed by atoms with Gasteiger partial charge >= 0.3 is 0 Å². The van der Waals surface area contributed by atoms with Crippen LogP contribution in [0.15, 0.2) is 22.6 Å². The van der Waals surface area contributed by atoms with Crippen molar-refractivity contribution < 1.29 is 4.79 Å². The molecule has 9 heteroatoms. The summed E-state index contributed by atoms with van der Waals surface area (Å²) in [5.41, 5.74) is 0.305. The van der Waals surface area contributed by atoms with Crippen molar-refractivity contribution in [3.8, 4) is 0 Å². The van der Waals surface area contributed by atoms with Crippen molar-refractivity contribution in [2.24, 2.45) is 0 Å². The number of aromatic nitrogens is 5. The SMILES string of the molecule is Cc1cn2nnc(C(=O)Nc3nccs3)c2c(=O)[nH]1. The highest BCUT2D eigenvalue weighted by atomic mass is 32.1. The van der Waals surface area contributed by atoms with Crippen LogP contribution in [0, 0.1) is 6.92 Å². The van der Waals surface area contributed by atoms with Gasteiger partial charge in [-0.05, 0) is 6.92 Å². The van der Waals surface area contributed by atoms with E-state index in [1.165, 1.54) is 15.9 Å². The minimum Gasteiger partial charge on any atom is -0.323 e. The molecular formula is C10H8N6O2S. The van der Waals surface area contributed by atoms with Crippen LogP contribution in [0.1, 0.15) is 16.2 Å². The normalized spacial score (nSPS) is 10.8. The number of carbonyl (C=O) groups is 1. The summed E-state index contributed by atoms with van der Waals surface area (Å²) in [6.45, 7) is 1.72. The first-order valence-corrected chi connectivity index (χ1v) is 6.19. The zero-order valence-electron chi connectivity index (χ0n) is 9.75. The topological polar surface area (TPSA) is 105 Å². The van der Waals surface area contributed by atoms with Gasteiger partial charge in [-0.2, -0.15) is 0 Å². The predicted molar refractivity (Wildman–Crippen MR) is 68.4 cm³/mol. The first-order valence-electron chi connectivity index (χ1n) is 5.31. The number of hydrogen-bond donors (Lipinski definition) is 2. The average Bonchev–Trinajstić information content (AvgIpc) is 2.97. The molecule has 3 rings (SSSR count). The van der Waals surface area contributed by atoms with Crippen LogP contribution in [0.3, 0.4) is 0 Å². The van der Waals surface area contributed by atoms with Crippen LogP contribution >= 0.6 is 11.3 Å². The molecule has 0 radical (unpaired) electrons. The standard InChI is InChI=1S/C10H8N6O2S/c1-5-4-16-7(9(18)12-5)6(14-15-16)8(17)13-10-11-2-3-19-10/h2-4H,1H3,(H,12,18)(H,11,13,17). The Balaban J connectivity index is 2.06. The van der Waals surface area contributed by atoms with Gasteiger partial charge in [0.25, 0.3) is 11.5 Å². The summed E-state index contributed by atoms with van der Waals surface area (Å²) in [6, 6.07) is 0. The lowest BCUT2D eigenvalue weighted by Crippen LogP contribution is -2.18. The largest absolute Gasteiger partial charge is 0.323 e. The molecule has 0 aromatic carbocycles. The second-order valence-electron chi connectivity index (χ2n) is 3.79. The fraction of sp³-hybridized carbons (Fsp3) is 0.100. The summed E-state index contributed by atoms with van der Waals surface area (Å²) in [4.78, 5) is 30.4. The molecule has 0 unspecified atom stereocenters. The molecule has 8 nitrogen and oxygen atoms in total. The summed E-state index contributed by atoms with van der Waals surface area (Å²) in [7, 11) is 0. The van der Waals surface area contributed by atoms with Crippen LogP contribution in [-0.2, 0) is 0 Å². The van der Waals surface area contributed by atoms with Gasteiger partial charge in [-0.3, -0.25) is 14.9 Å². The molecule has 0 aliphatic rings. The van der Waals surface area contributed by atoms with Gasteiger partial charge in [0.05, 0.1) is 6.20 Å². The quantitative estimate of drug-likeness (QED) is 0.706. The van der Waals surface area contributed by atoms with Gasteiger partial charge in [0, 0.05) is 17.3 Å². The Labute approximate surface area is 110 Å². The minimum atomic E-state index is -0.515. The fourth-order valence-electron chi connectivity index (χ4n) is 1.64. The van der Waals surface area contributed by atoms with Crippen molar-refractivity contribution in [1.82, 2.24) is 24.8 Å². The fourth-order valence-corrected chi connectivity index (χ4v) is 2.17. The second-order valence-corrected chi connectivity index (χ2v) is 4.68. The van der Waals surface area contributed by atoms with E-state index in [0.717, 1.165) is 0 Å². The lowest BCUT2D eigenvalue weighted by molar-refractivity contribution is 0.102. The van der Waals surface area contributed by atoms with Crippen molar-refractivity contribution in [1.29, 1.82) is 0 Å². The monoisotopic (exact) mass is 276 g/mol. The maximum absolute atomic E-state index is 12.0. The van der Waals surface area contributed by atoms with Gasteiger partial charge in [-0.1, -0.05) is 5.21 Å². The number of aromatic amines is 1. The highest BCUT2D eigenvalue weighted by Gasteiger charge is 2.18. The zero-order valence-corrected chi connectivity index (χ0v) is 10.6. The number of thiazole rings is 1. The highest BCUT2D eigenvalue weighted by molar-refractivity contribution is 7.13. The molecule has 19 heavy (non-hydrogen) atoms. The molecule has 0 fully saturated rings. The average molecular weight is 276 g/mol. The maximum Gasteiger partial charge on any atom is 0.280 e. The third kappa shape index (κ3) is 1.99. The van der Waals surface area contributed by atoms with E-state index in [9.17, 15) is 9.59 Å². The third-order valence-corrected chi connectivity index (χ3v) is 3.09. The van der Waals surface area contributed by atoms with Crippen LogP contribution in [0.4, 0.5) is 5.13 Å². The molecule has 0 saturated carbocycles. The van der Waals surface area contributed by atoms with Crippen molar-refractivity contribution in [3.63, 3.8) is 0 Å². The van der Waals surface area contributed by atoms with Gasteiger partial charge in [-0.15, -0.1) is 16.4 Å². The lowest BCUT2D eigenvalue weighted by atomic mass is 10.3. The van der Waals surface area contributed by atoms with Crippen LogP contribution in [0.25, 0.3) is 5.52 Å². The Morgan fingerprint density at radius 3 is 3.11 bits per heavy atom. The number of aryl methyl sites for hydroxylation is 1. The summed E-state index contributed by atoms with van der Waals surface area (Å²) in [5.74, 6) is -0.515. The number of anilines is 1. The van der Waals surface area contributed by atoms with E-state index in [-0.39, 0.29) is 11.2 Å². The Kier molecular flexibility index (Phi) is 2.60. The van der Waals surface area contributed by atoms with E-state index >= 15 is 0 Å². The van der Waals surface area contributed by atoms with E-state index in [1.807, 2.05) is 0 Å². The number of hydrogen-bond acceptors (Lipinski definition) is 6. The van der Waals surface area contributed by atoms with Crippen LogP contribution in [0.2, 0.25) is 0 Å². The molecule has 0 atom stereocenters. The molecule has 0 saturated heterocycles. The van der Waals surface area contributed by atoms with Crippen molar-refractivity contribution >= 4 is 27.9 Å². The number of H-pyrrole nitrogens is 1. The highest BCUT2D eigenvalue weighted by Crippen LogP contribution is 2.12. The smallest absolute Gasteiger partial charge is 0.280 e. The zero-order chi connectivity index (χ0) is 13.4. The van der Waals surface area contributed by atoms with E-state index in [4.69, 9.17) is 0 Å². The van der Waals surface area contributed by atoms with Gasteiger partial charge in [0.1, 0.15) is 0 Å². The molecule has 3 heterocycles. The molecule has 0 bridgehead atoms. The summed E-state index contributed by atoms with van der Waals surface area (Å²) in [5, 5.41) is 12.2. The summed E-state index contributed by atoms with van der Waals surface area (Å²) in [6.07, 6.45) is 3.16. The Bertz CT molecular complexity index is 803. The second kappa shape index (κ2) is 4.28. The number of carbonyl (C=O) groups excluding carboxylic acids is 1. The third-order valence-electron chi connectivity index (χ3n) is 2.40. The Hall–Kier alpha value is -2.55. The maximum atomic E-state index is 12.0. The van der Waals surface area contributed by atoms with Gasteiger partial charge in [0.15, 0.2) is 16.3 Å². The van der Waals surface area contributed by atoms with E-state index in [1.54, 1.807) is 24.7 Å².